The zero-order valence-corrected chi connectivity index (χ0v) is 22.1. The van der Waals surface area contributed by atoms with Crippen LogP contribution in [0.1, 0.15) is 0 Å². The first kappa shape index (κ1) is 22.0. The van der Waals surface area contributed by atoms with Crippen molar-refractivity contribution < 1.29 is 0 Å². The van der Waals surface area contributed by atoms with Crippen LogP contribution < -0.4 is 5.19 Å². The molecule has 0 aliphatic rings. The van der Waals surface area contributed by atoms with Gasteiger partial charge in [-0.1, -0.05) is 110 Å². The maximum atomic E-state index is 4.83. The molecular formula is C32H27NSSi. The fourth-order valence-corrected chi connectivity index (χ4v) is 6.72. The molecule has 1 heterocycles. The van der Waals surface area contributed by atoms with Crippen molar-refractivity contribution in [2.24, 2.45) is 0 Å². The van der Waals surface area contributed by atoms with Crippen molar-refractivity contribution in [2.75, 3.05) is 0 Å². The number of aromatic nitrogens is 1. The van der Waals surface area contributed by atoms with Crippen LogP contribution in [0.2, 0.25) is 19.6 Å². The first-order valence-electron chi connectivity index (χ1n) is 12.1. The predicted octanol–water partition coefficient (Wildman–Crippen LogP) is 9.00. The molecule has 1 aromatic heterocycles. The Kier molecular flexibility index (Phi) is 5.40. The number of thiazole rings is 1. The van der Waals surface area contributed by atoms with Crippen LogP contribution in [0.5, 0.6) is 0 Å². The standard InChI is InChI=1S/C32H27NSSi/c1-35(2,3)29-8-6-7-24(21-29)22-11-13-23(14-12-22)25-15-16-27-20-28(18-17-26(27)19-25)32-33-30-9-4-5-10-31(30)34-32/h4-21H,1-3H3. The summed E-state index contributed by atoms with van der Waals surface area (Å²) in [5, 5.41) is 5.06. The summed E-state index contributed by atoms with van der Waals surface area (Å²) in [7, 11) is -1.33. The molecule has 0 bridgehead atoms. The van der Waals surface area contributed by atoms with E-state index in [9.17, 15) is 0 Å². The van der Waals surface area contributed by atoms with Gasteiger partial charge in [0.25, 0.3) is 0 Å². The van der Waals surface area contributed by atoms with Crippen molar-refractivity contribution in [3.63, 3.8) is 0 Å². The molecule has 0 atom stereocenters. The molecular weight excluding hydrogens is 459 g/mol. The molecule has 35 heavy (non-hydrogen) atoms. The second-order valence-electron chi connectivity index (χ2n) is 10.2. The van der Waals surface area contributed by atoms with Gasteiger partial charge in [0.05, 0.1) is 18.3 Å². The highest BCUT2D eigenvalue weighted by molar-refractivity contribution is 7.21. The Bertz CT molecular complexity index is 1640. The van der Waals surface area contributed by atoms with Crippen molar-refractivity contribution in [2.45, 2.75) is 19.6 Å². The summed E-state index contributed by atoms with van der Waals surface area (Å²) in [5.74, 6) is 0. The molecule has 6 aromatic rings. The van der Waals surface area contributed by atoms with Gasteiger partial charge < -0.3 is 0 Å². The van der Waals surface area contributed by atoms with E-state index in [0.29, 0.717) is 0 Å². The van der Waals surface area contributed by atoms with Crippen molar-refractivity contribution in [3.05, 3.63) is 109 Å². The highest BCUT2D eigenvalue weighted by Gasteiger charge is 2.16. The van der Waals surface area contributed by atoms with Crippen LogP contribution in [-0.2, 0) is 0 Å². The molecule has 170 valence electrons. The number of hydrogen-bond donors (Lipinski definition) is 0. The second-order valence-corrected chi connectivity index (χ2v) is 16.3. The number of para-hydroxylation sites is 1. The van der Waals surface area contributed by atoms with Crippen LogP contribution in [0.3, 0.4) is 0 Å². The van der Waals surface area contributed by atoms with Gasteiger partial charge in [-0.15, -0.1) is 11.3 Å². The van der Waals surface area contributed by atoms with E-state index in [1.54, 1.807) is 11.3 Å². The van der Waals surface area contributed by atoms with Gasteiger partial charge >= 0.3 is 0 Å². The molecule has 0 radical (unpaired) electrons. The van der Waals surface area contributed by atoms with Crippen molar-refractivity contribution >= 4 is 45.6 Å². The Hall–Kier alpha value is -3.53. The Morgan fingerprint density at radius 3 is 1.83 bits per heavy atom. The summed E-state index contributed by atoms with van der Waals surface area (Å²) in [6.45, 7) is 7.20. The van der Waals surface area contributed by atoms with E-state index in [4.69, 9.17) is 4.98 Å². The van der Waals surface area contributed by atoms with E-state index in [1.807, 2.05) is 6.07 Å². The quantitative estimate of drug-likeness (QED) is 0.227. The first-order valence-corrected chi connectivity index (χ1v) is 16.4. The zero-order chi connectivity index (χ0) is 24.0. The fraction of sp³-hybridized carbons (Fsp3) is 0.0938. The monoisotopic (exact) mass is 485 g/mol. The Labute approximate surface area is 211 Å². The van der Waals surface area contributed by atoms with Crippen LogP contribution in [0.25, 0.3) is 53.8 Å². The molecule has 0 saturated carbocycles. The summed E-state index contributed by atoms with van der Waals surface area (Å²) < 4.78 is 1.23. The minimum absolute atomic E-state index is 1.07. The molecule has 0 spiro atoms. The van der Waals surface area contributed by atoms with Crippen LogP contribution in [0, 0.1) is 0 Å². The highest BCUT2D eigenvalue weighted by Crippen LogP contribution is 2.33. The SMILES string of the molecule is C[Si](C)(C)c1cccc(-c2ccc(-c3ccc4cc(-c5nc6ccccc6s5)ccc4c3)cc2)c1. The first-order chi connectivity index (χ1) is 16.9. The van der Waals surface area contributed by atoms with Gasteiger partial charge in [0.2, 0.25) is 0 Å². The second kappa shape index (κ2) is 8.60. The van der Waals surface area contributed by atoms with E-state index in [0.717, 1.165) is 10.5 Å². The van der Waals surface area contributed by atoms with E-state index >= 15 is 0 Å². The predicted molar refractivity (Wildman–Crippen MR) is 156 cm³/mol. The van der Waals surface area contributed by atoms with E-state index in [-0.39, 0.29) is 0 Å². The van der Waals surface area contributed by atoms with Gasteiger partial charge in [0.15, 0.2) is 0 Å². The molecule has 3 heteroatoms. The number of benzene rings is 5. The minimum atomic E-state index is -1.33. The lowest BCUT2D eigenvalue weighted by atomic mass is 9.98. The number of fused-ring (bicyclic) bond motifs is 2. The Morgan fingerprint density at radius 2 is 1.14 bits per heavy atom. The molecule has 6 rings (SSSR count). The molecule has 5 aromatic carbocycles. The molecule has 0 amide bonds. The number of nitrogens with zero attached hydrogens (tertiary/aromatic N) is 1. The molecule has 0 N–H and O–H groups in total. The van der Waals surface area contributed by atoms with E-state index in [1.165, 1.54) is 48.5 Å². The summed E-state index contributed by atoms with van der Waals surface area (Å²) >= 11 is 1.75. The molecule has 0 fully saturated rings. The fourth-order valence-electron chi connectivity index (χ4n) is 4.57. The van der Waals surface area contributed by atoms with Gasteiger partial charge in [-0.3, -0.25) is 0 Å². The number of hydrogen-bond acceptors (Lipinski definition) is 2. The molecule has 0 aliphatic carbocycles. The lowest BCUT2D eigenvalue weighted by Gasteiger charge is -2.17. The minimum Gasteiger partial charge on any atom is -0.236 e. The lowest BCUT2D eigenvalue weighted by molar-refractivity contribution is 1.48. The maximum absolute atomic E-state index is 4.83. The third-order valence-corrected chi connectivity index (χ3v) is 9.79. The zero-order valence-electron chi connectivity index (χ0n) is 20.2. The van der Waals surface area contributed by atoms with Crippen LogP contribution in [-0.4, -0.2) is 13.1 Å². The Morgan fingerprint density at radius 1 is 0.543 bits per heavy atom. The molecule has 1 nitrogen and oxygen atoms in total. The van der Waals surface area contributed by atoms with Crippen LogP contribution in [0.4, 0.5) is 0 Å². The highest BCUT2D eigenvalue weighted by atomic mass is 32.1. The molecule has 0 unspecified atom stereocenters. The van der Waals surface area contributed by atoms with Crippen LogP contribution in [0.15, 0.2) is 109 Å². The van der Waals surface area contributed by atoms with Crippen LogP contribution >= 0.6 is 11.3 Å². The van der Waals surface area contributed by atoms with Gasteiger partial charge in [-0.05, 0) is 57.3 Å². The molecule has 0 saturated heterocycles. The van der Waals surface area contributed by atoms with Gasteiger partial charge in [-0.25, -0.2) is 4.98 Å². The molecule has 0 aliphatic heterocycles. The maximum Gasteiger partial charge on any atom is 0.124 e. The average Bonchev–Trinajstić information content (AvgIpc) is 3.32. The normalized spacial score (nSPS) is 11.9. The third kappa shape index (κ3) is 4.34. The summed E-state index contributed by atoms with van der Waals surface area (Å²) in [4.78, 5) is 4.83. The third-order valence-electron chi connectivity index (χ3n) is 6.66. The summed E-state index contributed by atoms with van der Waals surface area (Å²) in [6, 6.07) is 39.8. The van der Waals surface area contributed by atoms with Gasteiger partial charge in [0.1, 0.15) is 5.01 Å². The Balaban J connectivity index is 1.30. The largest absolute Gasteiger partial charge is 0.236 e. The van der Waals surface area contributed by atoms with Gasteiger partial charge in [-0.2, -0.15) is 0 Å². The van der Waals surface area contributed by atoms with Crippen molar-refractivity contribution in [1.29, 1.82) is 0 Å². The lowest BCUT2D eigenvalue weighted by Crippen LogP contribution is -2.37. The van der Waals surface area contributed by atoms with E-state index < -0.39 is 8.07 Å². The number of rotatable bonds is 4. The summed E-state index contributed by atoms with van der Waals surface area (Å²) in [6.07, 6.45) is 0. The van der Waals surface area contributed by atoms with Gasteiger partial charge in [0, 0.05) is 5.56 Å². The smallest absolute Gasteiger partial charge is 0.124 e. The summed E-state index contributed by atoms with van der Waals surface area (Å²) in [5.41, 5.74) is 7.31. The van der Waals surface area contributed by atoms with E-state index in [2.05, 4.69) is 123 Å². The van der Waals surface area contributed by atoms with Crippen molar-refractivity contribution in [1.82, 2.24) is 4.98 Å². The van der Waals surface area contributed by atoms with Crippen molar-refractivity contribution in [3.8, 4) is 32.8 Å². The average molecular weight is 486 g/mol. The topological polar surface area (TPSA) is 12.9 Å².